The predicted molar refractivity (Wildman–Crippen MR) is 259 cm³/mol. The number of hydrogen-bond acceptors (Lipinski definition) is 18. The molecule has 1 amide bonds. The molecule has 8 heterocycles. The number of rotatable bonds is 13. The van der Waals surface area contributed by atoms with E-state index >= 15 is 0 Å². The van der Waals surface area contributed by atoms with E-state index in [0.717, 1.165) is 127 Å². The first kappa shape index (κ1) is 44.4. The zero-order valence-electron chi connectivity index (χ0n) is 37.4. The van der Waals surface area contributed by atoms with Gasteiger partial charge in [-0.2, -0.15) is 20.2 Å². The van der Waals surface area contributed by atoms with E-state index in [2.05, 4.69) is 58.2 Å². The van der Waals surface area contributed by atoms with Crippen LogP contribution in [0.4, 0.5) is 40.0 Å². The van der Waals surface area contributed by atoms with Gasteiger partial charge in [-0.15, -0.1) is 22.7 Å². The van der Waals surface area contributed by atoms with Gasteiger partial charge in [-0.25, -0.2) is 14.6 Å². The van der Waals surface area contributed by atoms with Crippen molar-refractivity contribution in [1.82, 2.24) is 50.5 Å². The minimum Gasteiger partial charge on any atom is -0.390 e. The summed E-state index contributed by atoms with van der Waals surface area (Å²) in [5.74, 6) is 2.69. The maximum Gasteiger partial charge on any atom is 0.269 e. The first-order chi connectivity index (χ1) is 31.9. The molecule has 0 bridgehead atoms. The smallest absolute Gasteiger partial charge is 0.269 e. The van der Waals surface area contributed by atoms with E-state index in [1.165, 1.54) is 4.68 Å². The molecule has 4 fully saturated rings. The molecule has 0 radical (unpaired) electrons. The molecule has 2 aliphatic carbocycles. The third-order valence-electron chi connectivity index (χ3n) is 13.7. The molecule has 66 heavy (non-hydrogen) atoms. The van der Waals surface area contributed by atoms with Gasteiger partial charge in [0.25, 0.3) is 5.91 Å². The minimum absolute atomic E-state index is 0.0604. The van der Waals surface area contributed by atoms with Crippen molar-refractivity contribution >= 4 is 95.0 Å². The summed E-state index contributed by atoms with van der Waals surface area (Å²) >= 11 is 3.25. The van der Waals surface area contributed by atoms with Crippen molar-refractivity contribution < 1.29 is 19.8 Å². The number of aliphatic hydroxyl groups is 2. The summed E-state index contributed by atoms with van der Waals surface area (Å²) in [5.41, 5.74) is 1.36. The number of carbonyl (C=O) groups excluding carboxylic acids is 2. The summed E-state index contributed by atoms with van der Waals surface area (Å²) in [6.45, 7) is 7.16. The van der Waals surface area contributed by atoms with E-state index in [9.17, 15) is 19.8 Å². The van der Waals surface area contributed by atoms with Crippen molar-refractivity contribution in [3.05, 3.63) is 41.7 Å². The SMILES string of the molecule is CC1(O)CCC(Nc2nc(Nc3cnn(C(=O)CC4CCN(c5cc6nc(Nc7cc(C(=O)NC8CCNCC8)[nH]n7)nc(NC7CCC(C)(O)CC7)c6s5)CC4)c3)nc3ccsc23)CC1. The molecule has 0 unspecified atom stereocenters. The molecule has 10 rings (SSSR count). The first-order valence-corrected chi connectivity index (χ1v) is 25.1. The van der Waals surface area contributed by atoms with Gasteiger partial charge in [0.15, 0.2) is 5.82 Å². The van der Waals surface area contributed by atoms with Crippen molar-refractivity contribution in [3.8, 4) is 0 Å². The summed E-state index contributed by atoms with van der Waals surface area (Å²) in [5, 5.41) is 56.0. The number of piperidine rings is 2. The van der Waals surface area contributed by atoms with Crippen LogP contribution in [0.3, 0.4) is 0 Å². The lowest BCUT2D eigenvalue weighted by Crippen LogP contribution is -2.42. The average molecular weight is 938 g/mol. The fourth-order valence-electron chi connectivity index (χ4n) is 9.60. The van der Waals surface area contributed by atoms with E-state index < -0.39 is 11.2 Å². The van der Waals surface area contributed by atoms with Crippen LogP contribution in [-0.2, 0) is 0 Å². The highest BCUT2D eigenvalue weighted by Gasteiger charge is 2.32. The second-order valence-corrected chi connectivity index (χ2v) is 21.1. The Balaban J connectivity index is 0.774. The van der Waals surface area contributed by atoms with Crippen LogP contribution in [0.2, 0.25) is 0 Å². The van der Waals surface area contributed by atoms with E-state index in [0.29, 0.717) is 48.4 Å². The molecular weight excluding hydrogens is 879 g/mol. The molecule has 21 heteroatoms. The van der Waals surface area contributed by atoms with Crippen LogP contribution in [0, 0.1) is 5.92 Å². The number of anilines is 7. The Hall–Kier alpha value is -5.48. The molecule has 2 saturated heterocycles. The van der Waals surface area contributed by atoms with Gasteiger partial charge in [0.05, 0.1) is 54.7 Å². The Morgan fingerprint density at radius 3 is 2.15 bits per heavy atom. The number of hydrogen-bond donors (Lipinski definition) is 9. The van der Waals surface area contributed by atoms with Crippen LogP contribution in [0.15, 0.2) is 36.0 Å². The highest BCUT2D eigenvalue weighted by molar-refractivity contribution is 7.23. The van der Waals surface area contributed by atoms with E-state index in [1.54, 1.807) is 41.1 Å². The van der Waals surface area contributed by atoms with Crippen LogP contribution in [0.5, 0.6) is 0 Å². The van der Waals surface area contributed by atoms with Crippen molar-refractivity contribution in [3.63, 3.8) is 0 Å². The standard InChI is InChI=1S/C45H59N15O4S2/c1-44(63)12-3-27(4-13-44)48-39-37-31(11-20-65-37)52-42(55-39)51-30-24-47-60(25-30)35(61)21-26-9-18-59(19-10-26)36-23-32-38(66-36)40(49-28-5-14-45(2,64)15-6-28)56-43(53-32)54-34-22-33(57-58-34)41(62)50-29-7-16-46-17-8-29/h11,20,22-29,46,63-64H,3-10,12-19,21H2,1-2H3,(H,50,62)(H2,48,51,52,55)(H3,49,53,54,56,57,58). The maximum absolute atomic E-state index is 13.6. The van der Waals surface area contributed by atoms with Gasteiger partial charge < -0.3 is 47.0 Å². The molecule has 9 N–H and O–H groups in total. The van der Waals surface area contributed by atoms with Crippen LogP contribution in [0.25, 0.3) is 20.4 Å². The predicted octanol–water partition coefficient (Wildman–Crippen LogP) is 6.74. The van der Waals surface area contributed by atoms with Gasteiger partial charge in [0.1, 0.15) is 17.3 Å². The molecule has 350 valence electrons. The summed E-state index contributed by atoms with van der Waals surface area (Å²) in [6.07, 6.45) is 13.5. The van der Waals surface area contributed by atoms with Gasteiger partial charge in [0.2, 0.25) is 17.8 Å². The largest absolute Gasteiger partial charge is 0.390 e. The van der Waals surface area contributed by atoms with Crippen molar-refractivity contribution in [2.75, 3.05) is 52.3 Å². The monoisotopic (exact) mass is 937 g/mol. The number of fused-ring (bicyclic) bond motifs is 2. The molecule has 2 aliphatic heterocycles. The lowest BCUT2D eigenvalue weighted by atomic mass is 9.84. The Morgan fingerprint density at radius 1 is 0.803 bits per heavy atom. The van der Waals surface area contributed by atoms with Gasteiger partial charge in [-0.05, 0) is 127 Å². The maximum atomic E-state index is 13.6. The molecule has 6 aromatic heterocycles. The third kappa shape index (κ3) is 10.4. The van der Waals surface area contributed by atoms with Crippen LogP contribution in [-0.4, -0.2) is 117 Å². The molecule has 4 aliphatic rings. The molecule has 19 nitrogen and oxygen atoms in total. The fourth-order valence-corrected chi connectivity index (χ4v) is 11.5. The zero-order valence-corrected chi connectivity index (χ0v) is 39.0. The van der Waals surface area contributed by atoms with E-state index in [-0.39, 0.29) is 35.9 Å². The van der Waals surface area contributed by atoms with Crippen LogP contribution >= 0.6 is 22.7 Å². The lowest BCUT2D eigenvalue weighted by Gasteiger charge is -2.33. The first-order valence-electron chi connectivity index (χ1n) is 23.4. The second-order valence-electron chi connectivity index (χ2n) is 19.2. The average Bonchev–Trinajstić information content (AvgIpc) is 4.14. The van der Waals surface area contributed by atoms with Gasteiger partial charge in [-0.3, -0.25) is 14.7 Å². The molecular formula is C45H59N15O4S2. The quantitative estimate of drug-likeness (QED) is 0.0582. The normalized spacial score (nSPS) is 24.4. The van der Waals surface area contributed by atoms with Crippen LogP contribution < -0.4 is 36.8 Å². The topological polar surface area (TPSA) is 248 Å². The number of carbonyl (C=O) groups is 2. The minimum atomic E-state index is -0.659. The van der Waals surface area contributed by atoms with Gasteiger partial charge >= 0.3 is 0 Å². The number of thiophene rings is 2. The summed E-state index contributed by atoms with van der Waals surface area (Å²) in [7, 11) is 0. The van der Waals surface area contributed by atoms with Crippen molar-refractivity contribution in [2.24, 2.45) is 5.92 Å². The van der Waals surface area contributed by atoms with E-state index in [4.69, 9.17) is 19.9 Å². The Labute approximate surface area is 390 Å². The molecule has 0 spiro atoms. The van der Waals surface area contributed by atoms with Gasteiger partial charge in [-0.1, -0.05) is 0 Å². The number of nitrogens with zero attached hydrogens (tertiary/aromatic N) is 8. The third-order valence-corrected chi connectivity index (χ3v) is 15.8. The summed E-state index contributed by atoms with van der Waals surface area (Å²) in [6, 6.07) is 6.26. The van der Waals surface area contributed by atoms with Crippen molar-refractivity contribution in [2.45, 2.75) is 127 Å². The zero-order chi connectivity index (χ0) is 45.4. The second kappa shape index (κ2) is 18.7. The van der Waals surface area contributed by atoms with E-state index in [1.807, 2.05) is 25.3 Å². The molecule has 2 saturated carbocycles. The number of amides is 1. The highest BCUT2D eigenvalue weighted by Crippen LogP contribution is 2.40. The molecule has 0 aromatic carbocycles. The number of H-pyrrole nitrogens is 1. The summed E-state index contributed by atoms with van der Waals surface area (Å²) in [4.78, 5) is 48.3. The van der Waals surface area contributed by atoms with Crippen LogP contribution in [0.1, 0.15) is 113 Å². The number of aromatic amines is 1. The number of nitrogens with one attached hydrogen (secondary N) is 7. The highest BCUT2D eigenvalue weighted by atomic mass is 32.1. The Morgan fingerprint density at radius 2 is 1.45 bits per heavy atom. The molecule has 6 aromatic rings. The fraction of sp³-hybridized carbons (Fsp3) is 0.556. The lowest BCUT2D eigenvalue weighted by molar-refractivity contribution is 0.0192. The van der Waals surface area contributed by atoms with Gasteiger partial charge in [0, 0.05) is 43.7 Å². The Kier molecular flexibility index (Phi) is 12.5. The van der Waals surface area contributed by atoms with Crippen molar-refractivity contribution in [1.29, 1.82) is 0 Å². The molecule has 0 atom stereocenters. The summed E-state index contributed by atoms with van der Waals surface area (Å²) < 4.78 is 3.35. The Bertz CT molecular complexity index is 2660. The number of aromatic nitrogens is 8.